The Morgan fingerprint density at radius 1 is 1.59 bits per heavy atom. The molecule has 0 amide bonds. The molecule has 5 heteroatoms. The Balaban J connectivity index is 2.21. The molecule has 0 saturated heterocycles. The first-order valence-electron chi connectivity index (χ1n) is 5.61. The van der Waals surface area contributed by atoms with Gasteiger partial charge in [0.05, 0.1) is 12.0 Å². The van der Waals surface area contributed by atoms with Crippen LogP contribution in [-0.4, -0.2) is 24.7 Å². The first kappa shape index (κ1) is 11.9. The normalized spacial score (nSPS) is 13.2. The summed E-state index contributed by atoms with van der Waals surface area (Å²) in [5.41, 5.74) is 1.95. The molecule has 1 aliphatic rings. The number of carbonyl (C=O) groups is 1. The van der Waals surface area contributed by atoms with Crippen molar-refractivity contribution in [2.24, 2.45) is 0 Å². The van der Waals surface area contributed by atoms with Crippen LogP contribution in [0.15, 0.2) is 0 Å². The van der Waals surface area contributed by atoms with Gasteiger partial charge in [-0.1, -0.05) is 0 Å². The number of anilines is 1. The fourth-order valence-corrected chi connectivity index (χ4v) is 3.46. The number of hydrogen-bond donors (Lipinski definition) is 1. The van der Waals surface area contributed by atoms with Crippen LogP contribution in [0.4, 0.5) is 5.00 Å². The summed E-state index contributed by atoms with van der Waals surface area (Å²) in [5.74, 6) is -0.806. The molecule has 0 atom stereocenters. The predicted octanol–water partition coefficient (Wildman–Crippen LogP) is 2.02. The molecule has 0 aliphatic heterocycles. The minimum absolute atomic E-state index is 0.101. The minimum atomic E-state index is -0.806. The van der Waals surface area contributed by atoms with Crippen molar-refractivity contribution >= 4 is 22.3 Å². The van der Waals surface area contributed by atoms with E-state index < -0.39 is 5.97 Å². The second-order valence-corrected chi connectivity index (χ2v) is 5.30. The Morgan fingerprint density at radius 3 is 3.00 bits per heavy atom. The Morgan fingerprint density at radius 2 is 2.35 bits per heavy atom. The van der Waals surface area contributed by atoms with E-state index in [4.69, 9.17) is 5.11 Å². The standard InChI is InChI=1S/C12H14N2O2S/c1-14(6-5-11(15)16)12-9(7-13)8-3-2-4-10(8)17-12/h2-6H2,1H3,(H,15,16). The van der Waals surface area contributed by atoms with E-state index in [9.17, 15) is 10.1 Å². The van der Waals surface area contributed by atoms with Crippen molar-refractivity contribution in [2.45, 2.75) is 25.7 Å². The van der Waals surface area contributed by atoms with E-state index in [0.717, 1.165) is 29.8 Å². The molecule has 0 saturated carbocycles. The van der Waals surface area contributed by atoms with Crippen molar-refractivity contribution in [2.75, 3.05) is 18.5 Å². The van der Waals surface area contributed by atoms with E-state index in [0.29, 0.717) is 6.54 Å². The highest BCUT2D eigenvalue weighted by atomic mass is 32.1. The smallest absolute Gasteiger partial charge is 0.305 e. The average Bonchev–Trinajstić information content (AvgIpc) is 2.84. The van der Waals surface area contributed by atoms with Gasteiger partial charge in [0.2, 0.25) is 0 Å². The zero-order valence-electron chi connectivity index (χ0n) is 9.69. The highest BCUT2D eigenvalue weighted by Gasteiger charge is 2.23. The summed E-state index contributed by atoms with van der Waals surface area (Å²) in [7, 11) is 1.85. The Bertz CT molecular complexity index is 487. The first-order valence-corrected chi connectivity index (χ1v) is 6.42. The molecule has 1 aromatic rings. The first-order chi connectivity index (χ1) is 8.13. The molecule has 17 heavy (non-hydrogen) atoms. The third-order valence-electron chi connectivity index (χ3n) is 3.02. The lowest BCUT2D eigenvalue weighted by Crippen LogP contribution is -2.20. The van der Waals surface area contributed by atoms with Gasteiger partial charge in [-0.05, 0) is 24.8 Å². The van der Waals surface area contributed by atoms with E-state index in [1.165, 1.54) is 10.4 Å². The van der Waals surface area contributed by atoms with Gasteiger partial charge in [-0.2, -0.15) is 5.26 Å². The van der Waals surface area contributed by atoms with Gasteiger partial charge >= 0.3 is 5.97 Å². The number of fused-ring (bicyclic) bond motifs is 1. The van der Waals surface area contributed by atoms with Crippen LogP contribution in [0.1, 0.15) is 28.8 Å². The summed E-state index contributed by atoms with van der Waals surface area (Å²) in [6.45, 7) is 0.448. The summed E-state index contributed by atoms with van der Waals surface area (Å²) in [6.07, 6.45) is 3.28. The quantitative estimate of drug-likeness (QED) is 0.888. The topological polar surface area (TPSA) is 64.3 Å². The molecule has 1 aliphatic carbocycles. The minimum Gasteiger partial charge on any atom is -0.481 e. The largest absolute Gasteiger partial charge is 0.481 e. The van der Waals surface area contributed by atoms with Gasteiger partial charge < -0.3 is 10.0 Å². The van der Waals surface area contributed by atoms with Crippen LogP contribution in [-0.2, 0) is 17.6 Å². The molecule has 0 bridgehead atoms. The lowest BCUT2D eigenvalue weighted by Gasteiger charge is -2.16. The van der Waals surface area contributed by atoms with Crippen molar-refractivity contribution < 1.29 is 9.90 Å². The molecule has 90 valence electrons. The summed E-state index contributed by atoms with van der Waals surface area (Å²) in [5, 5.41) is 18.8. The molecule has 1 heterocycles. The SMILES string of the molecule is CN(CCC(=O)O)c1sc2c(c1C#N)CCC2. The predicted molar refractivity (Wildman–Crippen MR) is 66.6 cm³/mol. The Hall–Kier alpha value is -1.54. The molecule has 0 unspecified atom stereocenters. The van der Waals surface area contributed by atoms with Gasteiger partial charge in [0.1, 0.15) is 11.1 Å². The molecule has 1 aromatic heterocycles. The fourth-order valence-electron chi connectivity index (χ4n) is 2.14. The van der Waals surface area contributed by atoms with Crippen LogP contribution in [0.5, 0.6) is 0 Å². The van der Waals surface area contributed by atoms with Crippen molar-refractivity contribution in [1.82, 2.24) is 0 Å². The summed E-state index contributed by atoms with van der Waals surface area (Å²) >= 11 is 1.64. The van der Waals surface area contributed by atoms with E-state index in [1.807, 2.05) is 11.9 Å². The number of rotatable bonds is 4. The number of carboxylic acids is 1. The van der Waals surface area contributed by atoms with Gasteiger partial charge in [0.25, 0.3) is 0 Å². The van der Waals surface area contributed by atoms with Crippen LogP contribution in [0, 0.1) is 11.3 Å². The fraction of sp³-hybridized carbons (Fsp3) is 0.500. The summed E-state index contributed by atoms with van der Waals surface area (Å²) in [4.78, 5) is 13.7. The van der Waals surface area contributed by atoms with Gasteiger partial charge in [0.15, 0.2) is 0 Å². The van der Waals surface area contributed by atoms with Gasteiger partial charge in [-0.25, -0.2) is 0 Å². The van der Waals surface area contributed by atoms with Crippen molar-refractivity contribution in [3.8, 4) is 6.07 Å². The second kappa shape index (κ2) is 4.76. The highest BCUT2D eigenvalue weighted by Crippen LogP contribution is 2.40. The van der Waals surface area contributed by atoms with Gasteiger partial charge in [-0.15, -0.1) is 11.3 Å². The number of nitrogens with zero attached hydrogens (tertiary/aromatic N) is 2. The molecule has 0 spiro atoms. The summed E-state index contributed by atoms with van der Waals surface area (Å²) < 4.78 is 0. The van der Waals surface area contributed by atoms with E-state index in [2.05, 4.69) is 6.07 Å². The number of thiophene rings is 1. The molecule has 0 aromatic carbocycles. The maximum atomic E-state index is 10.5. The van der Waals surface area contributed by atoms with Crippen LogP contribution in [0.25, 0.3) is 0 Å². The van der Waals surface area contributed by atoms with Crippen LogP contribution in [0.3, 0.4) is 0 Å². The molecular weight excluding hydrogens is 236 g/mol. The van der Waals surface area contributed by atoms with Gasteiger partial charge in [0, 0.05) is 18.5 Å². The zero-order chi connectivity index (χ0) is 12.4. The van der Waals surface area contributed by atoms with Crippen LogP contribution >= 0.6 is 11.3 Å². The number of aliphatic carboxylic acids is 1. The number of hydrogen-bond acceptors (Lipinski definition) is 4. The van der Waals surface area contributed by atoms with Crippen molar-refractivity contribution in [3.05, 3.63) is 16.0 Å². The number of carboxylic acid groups (broad SMARTS) is 1. The molecule has 0 fully saturated rings. The summed E-state index contributed by atoms with van der Waals surface area (Å²) in [6, 6.07) is 2.27. The Kier molecular flexibility index (Phi) is 3.34. The Labute approximate surface area is 104 Å². The van der Waals surface area contributed by atoms with Crippen molar-refractivity contribution in [3.63, 3.8) is 0 Å². The lowest BCUT2D eigenvalue weighted by molar-refractivity contribution is -0.136. The lowest BCUT2D eigenvalue weighted by atomic mass is 10.1. The van der Waals surface area contributed by atoms with E-state index in [1.54, 1.807) is 11.3 Å². The number of nitriles is 1. The number of aryl methyl sites for hydroxylation is 1. The monoisotopic (exact) mass is 250 g/mol. The maximum absolute atomic E-state index is 10.5. The van der Waals surface area contributed by atoms with E-state index in [-0.39, 0.29) is 6.42 Å². The molecule has 2 rings (SSSR count). The maximum Gasteiger partial charge on any atom is 0.305 e. The third kappa shape index (κ3) is 2.27. The molecular formula is C12H14N2O2S. The van der Waals surface area contributed by atoms with Crippen molar-refractivity contribution in [1.29, 1.82) is 5.26 Å². The third-order valence-corrected chi connectivity index (χ3v) is 4.43. The molecule has 4 nitrogen and oxygen atoms in total. The van der Waals surface area contributed by atoms with Gasteiger partial charge in [-0.3, -0.25) is 4.79 Å². The highest BCUT2D eigenvalue weighted by molar-refractivity contribution is 7.16. The zero-order valence-corrected chi connectivity index (χ0v) is 10.5. The second-order valence-electron chi connectivity index (χ2n) is 4.21. The molecule has 0 radical (unpaired) electrons. The van der Waals surface area contributed by atoms with E-state index >= 15 is 0 Å². The van der Waals surface area contributed by atoms with Crippen LogP contribution < -0.4 is 4.90 Å². The average molecular weight is 250 g/mol. The van der Waals surface area contributed by atoms with Crippen LogP contribution in [0.2, 0.25) is 0 Å². The molecule has 1 N–H and O–H groups in total.